The number of hydrogen-bond donors (Lipinski definition) is 9. The lowest BCUT2D eigenvalue weighted by Gasteiger charge is -2.24. The van der Waals surface area contributed by atoms with Gasteiger partial charge in [-0.2, -0.15) is 0 Å². The first-order valence-corrected chi connectivity index (χ1v) is 11.5. The van der Waals surface area contributed by atoms with Crippen molar-refractivity contribution in [1.29, 1.82) is 0 Å². The van der Waals surface area contributed by atoms with Crippen molar-refractivity contribution >= 4 is 29.6 Å². The smallest absolute Gasteiger partial charge is 0.328 e. The van der Waals surface area contributed by atoms with Crippen LogP contribution < -0.4 is 27.0 Å². The van der Waals surface area contributed by atoms with E-state index in [0.29, 0.717) is 5.56 Å². The molecule has 0 saturated carbocycles. The number of benzene rings is 1. The molecule has 0 fully saturated rings. The van der Waals surface area contributed by atoms with Gasteiger partial charge in [0.2, 0.25) is 23.6 Å². The van der Waals surface area contributed by atoms with Gasteiger partial charge in [0.15, 0.2) is 0 Å². The van der Waals surface area contributed by atoms with E-state index in [2.05, 4.69) is 21.3 Å². The lowest BCUT2D eigenvalue weighted by Crippen LogP contribution is -2.57. The molecule has 5 atom stereocenters. The van der Waals surface area contributed by atoms with Gasteiger partial charge in [0.25, 0.3) is 0 Å². The van der Waals surface area contributed by atoms with Crippen molar-refractivity contribution in [2.24, 2.45) is 11.7 Å². The van der Waals surface area contributed by atoms with Gasteiger partial charge in [-0.1, -0.05) is 26.0 Å². The number of hydrogen-bond acceptors (Lipinski definition) is 9. The second-order valence-electron chi connectivity index (χ2n) is 8.79. The largest absolute Gasteiger partial charge is 0.508 e. The summed E-state index contributed by atoms with van der Waals surface area (Å²) in [6.07, 6.45) is -1.21. The zero-order valence-corrected chi connectivity index (χ0v) is 20.8. The maximum Gasteiger partial charge on any atom is 0.328 e. The molecular formula is C23H35N5O9. The number of nitrogens with one attached hydrogen (secondary N) is 4. The van der Waals surface area contributed by atoms with Crippen molar-refractivity contribution in [3.63, 3.8) is 0 Å². The topological polar surface area (TPSA) is 240 Å². The first-order chi connectivity index (χ1) is 17.3. The number of aliphatic hydroxyl groups excluding tert-OH is 2. The number of phenols is 1. The Morgan fingerprint density at radius 1 is 0.892 bits per heavy atom. The Bertz CT molecular complexity index is 952. The third-order valence-electron chi connectivity index (χ3n) is 5.32. The summed E-state index contributed by atoms with van der Waals surface area (Å²) < 4.78 is 0. The van der Waals surface area contributed by atoms with Crippen LogP contribution in [0.2, 0.25) is 0 Å². The normalized spacial score (nSPS) is 15.0. The lowest BCUT2D eigenvalue weighted by atomic mass is 10.0. The standard InChI is InChI=1S/C23H35N5O9/c1-11(2)19(22(35)27-16(10-29)23(36)37)28-17(32)9-25-20(33)15(26-21(34)18(24)12(3)30)8-13-4-6-14(31)7-5-13/h4-7,11-12,15-16,18-19,29-31H,8-10,24H2,1-3H3,(H,25,33)(H,26,34)(H,27,35)(H,28,32)(H,36,37)/t12-,15+,16+,18+,19+/m1/s1. The molecule has 4 amide bonds. The Morgan fingerprint density at radius 3 is 1.95 bits per heavy atom. The minimum Gasteiger partial charge on any atom is -0.508 e. The molecule has 37 heavy (non-hydrogen) atoms. The molecule has 0 unspecified atom stereocenters. The predicted octanol–water partition coefficient (Wildman–Crippen LogP) is -3.05. The highest BCUT2D eigenvalue weighted by atomic mass is 16.4. The van der Waals surface area contributed by atoms with E-state index in [-0.39, 0.29) is 12.2 Å². The van der Waals surface area contributed by atoms with Crippen LogP contribution in [-0.2, 0) is 30.4 Å². The van der Waals surface area contributed by atoms with E-state index < -0.39 is 78.9 Å². The van der Waals surface area contributed by atoms with Gasteiger partial charge in [0.05, 0.1) is 19.3 Å². The van der Waals surface area contributed by atoms with Gasteiger partial charge in [-0.3, -0.25) is 19.2 Å². The summed E-state index contributed by atoms with van der Waals surface area (Å²) in [5.41, 5.74) is 6.21. The molecule has 0 aromatic heterocycles. The Balaban J connectivity index is 2.88. The number of aliphatic carboxylic acids is 1. The van der Waals surface area contributed by atoms with Gasteiger partial charge < -0.3 is 47.4 Å². The zero-order chi connectivity index (χ0) is 28.3. The fraction of sp³-hybridized carbons (Fsp3) is 0.522. The molecule has 1 aromatic rings. The second-order valence-corrected chi connectivity index (χ2v) is 8.79. The maximum absolute atomic E-state index is 12.8. The molecule has 0 radical (unpaired) electrons. The van der Waals surface area contributed by atoms with Crippen LogP contribution in [0, 0.1) is 5.92 Å². The van der Waals surface area contributed by atoms with E-state index in [1.807, 2.05) is 0 Å². The summed E-state index contributed by atoms with van der Waals surface area (Å²) >= 11 is 0. The van der Waals surface area contributed by atoms with Gasteiger partial charge in [0.1, 0.15) is 29.9 Å². The lowest BCUT2D eigenvalue weighted by molar-refractivity contribution is -0.143. The van der Waals surface area contributed by atoms with E-state index in [1.165, 1.54) is 31.2 Å². The molecule has 14 nitrogen and oxygen atoms in total. The number of carbonyl (C=O) groups excluding carboxylic acids is 4. The fourth-order valence-electron chi connectivity index (χ4n) is 3.06. The molecule has 0 spiro atoms. The van der Waals surface area contributed by atoms with Crippen molar-refractivity contribution in [2.75, 3.05) is 13.2 Å². The number of carboxylic acids is 1. The molecular weight excluding hydrogens is 490 g/mol. The van der Waals surface area contributed by atoms with Crippen LogP contribution in [0.5, 0.6) is 5.75 Å². The van der Waals surface area contributed by atoms with Gasteiger partial charge in [-0.15, -0.1) is 0 Å². The summed E-state index contributed by atoms with van der Waals surface area (Å²) in [6, 6.07) is 0.638. The van der Waals surface area contributed by atoms with Crippen LogP contribution in [0.25, 0.3) is 0 Å². The summed E-state index contributed by atoms with van der Waals surface area (Å²) in [5, 5.41) is 46.4. The van der Waals surface area contributed by atoms with E-state index in [9.17, 15) is 34.2 Å². The summed E-state index contributed by atoms with van der Waals surface area (Å²) in [6.45, 7) is 3.09. The highest BCUT2D eigenvalue weighted by Gasteiger charge is 2.29. The summed E-state index contributed by atoms with van der Waals surface area (Å²) in [7, 11) is 0. The number of nitrogens with two attached hydrogens (primary N) is 1. The molecule has 0 aliphatic rings. The van der Waals surface area contributed by atoms with Crippen LogP contribution in [-0.4, -0.2) is 93.4 Å². The van der Waals surface area contributed by atoms with Crippen molar-refractivity contribution < 1.29 is 44.4 Å². The quantitative estimate of drug-likeness (QED) is 0.119. The number of carbonyl (C=O) groups is 5. The fourth-order valence-corrected chi connectivity index (χ4v) is 3.06. The van der Waals surface area contributed by atoms with E-state index in [1.54, 1.807) is 13.8 Å². The van der Waals surface area contributed by atoms with Crippen molar-refractivity contribution in [3.05, 3.63) is 29.8 Å². The highest BCUT2D eigenvalue weighted by Crippen LogP contribution is 2.12. The van der Waals surface area contributed by atoms with Crippen LogP contribution in [0.15, 0.2) is 24.3 Å². The minimum absolute atomic E-state index is 0.000932. The predicted molar refractivity (Wildman–Crippen MR) is 130 cm³/mol. The van der Waals surface area contributed by atoms with Crippen LogP contribution in [0.1, 0.15) is 26.3 Å². The number of amides is 4. The van der Waals surface area contributed by atoms with E-state index in [0.717, 1.165) is 0 Å². The monoisotopic (exact) mass is 525 g/mol. The number of carboxylic acid groups (broad SMARTS) is 1. The zero-order valence-electron chi connectivity index (χ0n) is 20.8. The third-order valence-corrected chi connectivity index (χ3v) is 5.32. The molecule has 206 valence electrons. The molecule has 0 aliphatic heterocycles. The third kappa shape index (κ3) is 10.4. The highest BCUT2D eigenvalue weighted by molar-refractivity contribution is 5.94. The molecule has 0 aliphatic carbocycles. The maximum atomic E-state index is 12.8. The van der Waals surface area contributed by atoms with Gasteiger partial charge in [0, 0.05) is 6.42 Å². The van der Waals surface area contributed by atoms with E-state index in [4.69, 9.17) is 15.9 Å². The van der Waals surface area contributed by atoms with Crippen molar-refractivity contribution in [2.45, 2.75) is 57.5 Å². The Morgan fingerprint density at radius 2 is 1.46 bits per heavy atom. The minimum atomic E-state index is -1.55. The average Bonchev–Trinajstić information content (AvgIpc) is 2.83. The molecule has 0 heterocycles. The molecule has 0 bridgehead atoms. The molecule has 14 heteroatoms. The Hall–Kier alpha value is -3.75. The first kappa shape index (κ1) is 31.3. The molecule has 0 saturated heterocycles. The number of phenolic OH excluding ortho intramolecular Hbond substituents is 1. The summed E-state index contributed by atoms with van der Waals surface area (Å²) in [5.74, 6) is -5.07. The first-order valence-electron chi connectivity index (χ1n) is 11.5. The van der Waals surface area contributed by atoms with Crippen LogP contribution in [0.3, 0.4) is 0 Å². The number of rotatable bonds is 14. The molecule has 10 N–H and O–H groups in total. The van der Waals surface area contributed by atoms with Gasteiger partial charge in [-0.25, -0.2) is 4.79 Å². The van der Waals surface area contributed by atoms with Crippen LogP contribution in [0.4, 0.5) is 0 Å². The van der Waals surface area contributed by atoms with Gasteiger partial charge in [-0.05, 0) is 30.5 Å². The number of aliphatic hydroxyl groups is 2. The average molecular weight is 526 g/mol. The van der Waals surface area contributed by atoms with Gasteiger partial charge >= 0.3 is 5.97 Å². The van der Waals surface area contributed by atoms with Crippen LogP contribution >= 0.6 is 0 Å². The molecule has 1 rings (SSSR count). The Labute approximate surface area is 213 Å². The van der Waals surface area contributed by atoms with Crippen molar-refractivity contribution in [1.82, 2.24) is 21.3 Å². The summed E-state index contributed by atoms with van der Waals surface area (Å²) in [4.78, 5) is 61.1. The van der Waals surface area contributed by atoms with Crippen molar-refractivity contribution in [3.8, 4) is 5.75 Å². The number of aromatic hydroxyl groups is 1. The second kappa shape index (κ2) is 14.7. The SMILES string of the molecule is CC(C)[C@H](NC(=O)CNC(=O)[C@H](Cc1ccc(O)cc1)NC(=O)[C@@H](N)[C@@H](C)O)C(=O)N[C@@H](CO)C(=O)O. The Kier molecular flexibility index (Phi) is 12.4. The molecule has 1 aromatic carbocycles. The van der Waals surface area contributed by atoms with E-state index >= 15 is 0 Å².